The van der Waals surface area contributed by atoms with E-state index in [2.05, 4.69) is 17.4 Å². The molecule has 2 aromatic rings. The first kappa shape index (κ1) is 12.5. The van der Waals surface area contributed by atoms with Crippen LogP contribution in [0.2, 0.25) is 9.36 Å². The zero-order chi connectivity index (χ0) is 12.5. The Bertz CT molecular complexity index is 561. The first-order valence-electron chi connectivity index (χ1n) is 6.00. The number of benzene rings is 1. The highest BCUT2D eigenvalue weighted by Gasteiger charge is 2.20. The van der Waals surface area contributed by atoms with Gasteiger partial charge in [0.1, 0.15) is 0 Å². The maximum absolute atomic E-state index is 6.34. The average molecular weight is 298 g/mol. The van der Waals surface area contributed by atoms with Crippen LogP contribution in [0.15, 0.2) is 30.3 Å². The van der Waals surface area contributed by atoms with Crippen LogP contribution in [-0.2, 0) is 6.54 Å². The van der Waals surface area contributed by atoms with Gasteiger partial charge in [-0.2, -0.15) is 0 Å². The van der Waals surface area contributed by atoms with E-state index in [-0.39, 0.29) is 0 Å². The van der Waals surface area contributed by atoms with Crippen LogP contribution in [0.1, 0.15) is 18.4 Å². The lowest BCUT2D eigenvalue weighted by Crippen LogP contribution is -2.15. The van der Waals surface area contributed by atoms with Crippen LogP contribution in [0.4, 0.5) is 0 Å². The number of hydrogen-bond donors (Lipinski definition) is 1. The Hall–Kier alpha value is -0.540. The normalized spacial score (nSPS) is 15.0. The lowest BCUT2D eigenvalue weighted by atomic mass is 10.1. The highest BCUT2D eigenvalue weighted by molar-refractivity contribution is 7.19. The molecule has 0 amide bonds. The maximum Gasteiger partial charge on any atom is 0.0934 e. The molecule has 0 saturated heterocycles. The van der Waals surface area contributed by atoms with Crippen molar-refractivity contribution >= 4 is 34.5 Å². The second kappa shape index (κ2) is 5.22. The molecule has 0 atom stereocenters. The molecule has 0 unspecified atom stereocenters. The molecule has 18 heavy (non-hydrogen) atoms. The van der Waals surface area contributed by atoms with Crippen molar-refractivity contribution in [1.29, 1.82) is 0 Å². The summed E-state index contributed by atoms with van der Waals surface area (Å²) >= 11 is 13.8. The summed E-state index contributed by atoms with van der Waals surface area (Å²) in [6.07, 6.45) is 2.61. The maximum atomic E-state index is 6.34. The third-order valence-corrected chi connectivity index (χ3v) is 4.62. The van der Waals surface area contributed by atoms with E-state index >= 15 is 0 Å². The van der Waals surface area contributed by atoms with Crippen LogP contribution >= 0.6 is 34.5 Å². The molecule has 1 fully saturated rings. The van der Waals surface area contributed by atoms with Crippen LogP contribution in [0.3, 0.4) is 0 Å². The summed E-state index contributed by atoms with van der Waals surface area (Å²) in [5.41, 5.74) is 2.29. The monoisotopic (exact) mass is 297 g/mol. The molecule has 0 bridgehead atoms. The predicted octanol–water partition coefficient (Wildman–Crippen LogP) is 4.97. The molecule has 1 aliphatic carbocycles. The van der Waals surface area contributed by atoms with E-state index in [0.717, 1.165) is 32.4 Å². The van der Waals surface area contributed by atoms with Gasteiger partial charge in [0.15, 0.2) is 0 Å². The van der Waals surface area contributed by atoms with Gasteiger partial charge in [0, 0.05) is 28.0 Å². The summed E-state index contributed by atoms with van der Waals surface area (Å²) in [5.74, 6) is 0. The Morgan fingerprint density at radius 1 is 1.17 bits per heavy atom. The second-order valence-corrected chi connectivity index (χ2v) is 6.70. The van der Waals surface area contributed by atoms with Crippen molar-refractivity contribution in [2.75, 3.05) is 0 Å². The van der Waals surface area contributed by atoms with E-state index in [0.29, 0.717) is 0 Å². The minimum Gasteiger partial charge on any atom is -0.310 e. The van der Waals surface area contributed by atoms with Crippen LogP contribution in [-0.4, -0.2) is 6.04 Å². The van der Waals surface area contributed by atoms with Gasteiger partial charge in [-0.25, -0.2) is 0 Å². The number of nitrogens with one attached hydrogen (secondary N) is 1. The van der Waals surface area contributed by atoms with Crippen LogP contribution in [0, 0.1) is 0 Å². The summed E-state index contributed by atoms with van der Waals surface area (Å²) in [6.45, 7) is 0.899. The van der Waals surface area contributed by atoms with E-state index in [1.54, 1.807) is 11.3 Å². The summed E-state index contributed by atoms with van der Waals surface area (Å²) in [7, 11) is 0. The van der Waals surface area contributed by atoms with E-state index < -0.39 is 0 Å². The lowest BCUT2D eigenvalue weighted by Gasteiger charge is -2.06. The van der Waals surface area contributed by atoms with Gasteiger partial charge in [0.25, 0.3) is 0 Å². The molecule has 1 aromatic heterocycles. The largest absolute Gasteiger partial charge is 0.310 e. The van der Waals surface area contributed by atoms with Crippen molar-refractivity contribution in [1.82, 2.24) is 5.32 Å². The van der Waals surface area contributed by atoms with Crippen molar-refractivity contribution < 1.29 is 0 Å². The highest BCUT2D eigenvalue weighted by atomic mass is 35.5. The van der Waals surface area contributed by atoms with Gasteiger partial charge in [0.2, 0.25) is 0 Å². The Kier molecular flexibility index (Phi) is 3.62. The number of halogens is 2. The van der Waals surface area contributed by atoms with Gasteiger partial charge in [-0.3, -0.25) is 0 Å². The topological polar surface area (TPSA) is 12.0 Å². The molecule has 1 aliphatic rings. The minimum absolute atomic E-state index is 0.722. The van der Waals surface area contributed by atoms with Gasteiger partial charge >= 0.3 is 0 Å². The fraction of sp³-hybridized carbons (Fsp3) is 0.286. The second-order valence-electron chi connectivity index (χ2n) is 4.57. The third-order valence-electron chi connectivity index (χ3n) is 3.04. The van der Waals surface area contributed by atoms with Crippen LogP contribution in [0.25, 0.3) is 10.4 Å². The van der Waals surface area contributed by atoms with Crippen molar-refractivity contribution in [3.63, 3.8) is 0 Å². The number of rotatable bonds is 4. The number of hydrogen-bond acceptors (Lipinski definition) is 2. The summed E-state index contributed by atoms with van der Waals surface area (Å²) in [5, 5.41) is 4.28. The molecule has 1 heterocycles. The Morgan fingerprint density at radius 3 is 2.61 bits per heavy atom. The molecule has 0 spiro atoms. The quantitative estimate of drug-likeness (QED) is 0.840. The molecular weight excluding hydrogens is 285 g/mol. The van der Waals surface area contributed by atoms with Crippen LogP contribution in [0.5, 0.6) is 0 Å². The first-order valence-corrected chi connectivity index (χ1v) is 7.57. The molecule has 1 nitrogen and oxygen atoms in total. The van der Waals surface area contributed by atoms with Crippen molar-refractivity contribution in [3.8, 4) is 10.4 Å². The van der Waals surface area contributed by atoms with Gasteiger partial charge in [-0.15, -0.1) is 11.3 Å². The summed E-state index contributed by atoms with van der Waals surface area (Å²) in [4.78, 5) is 1.12. The predicted molar refractivity (Wildman–Crippen MR) is 79.6 cm³/mol. The van der Waals surface area contributed by atoms with E-state index in [9.17, 15) is 0 Å². The van der Waals surface area contributed by atoms with Gasteiger partial charge in [0.05, 0.1) is 4.34 Å². The van der Waals surface area contributed by atoms with Gasteiger partial charge < -0.3 is 5.32 Å². The summed E-state index contributed by atoms with van der Waals surface area (Å²) < 4.78 is 0.792. The highest BCUT2D eigenvalue weighted by Crippen LogP contribution is 2.35. The fourth-order valence-corrected chi connectivity index (χ4v) is 3.32. The third kappa shape index (κ3) is 2.89. The average Bonchev–Trinajstić information content (AvgIpc) is 3.09. The van der Waals surface area contributed by atoms with E-state index in [1.165, 1.54) is 18.4 Å². The Labute approximate surface area is 121 Å². The SMILES string of the molecule is Clc1ccc(-c2ccc(CNC3CC3)cc2Cl)s1. The smallest absolute Gasteiger partial charge is 0.0934 e. The lowest BCUT2D eigenvalue weighted by molar-refractivity contribution is 0.688. The molecule has 1 N–H and O–H groups in total. The fourth-order valence-electron chi connectivity index (χ4n) is 1.88. The Balaban J connectivity index is 1.79. The zero-order valence-electron chi connectivity index (χ0n) is 9.75. The number of thiophene rings is 1. The molecule has 3 rings (SSSR count). The standard InChI is InChI=1S/C14H13Cl2NS/c15-12-7-9(8-17-10-2-3-10)1-4-11(12)13-5-6-14(16)18-13/h1,4-7,10,17H,2-3,8H2. The minimum atomic E-state index is 0.722. The van der Waals surface area contributed by atoms with E-state index in [1.807, 2.05) is 18.2 Å². The molecule has 1 aromatic carbocycles. The molecule has 4 heteroatoms. The van der Waals surface area contributed by atoms with Crippen molar-refractivity contribution in [2.24, 2.45) is 0 Å². The molecule has 0 radical (unpaired) electrons. The molecule has 0 aliphatic heterocycles. The first-order chi connectivity index (χ1) is 8.72. The Morgan fingerprint density at radius 2 is 2.00 bits per heavy atom. The van der Waals surface area contributed by atoms with Crippen LogP contribution < -0.4 is 5.32 Å². The van der Waals surface area contributed by atoms with E-state index in [4.69, 9.17) is 23.2 Å². The zero-order valence-corrected chi connectivity index (χ0v) is 12.1. The molecular formula is C14H13Cl2NS. The van der Waals surface area contributed by atoms with Crippen molar-refractivity contribution in [3.05, 3.63) is 45.3 Å². The molecule has 94 valence electrons. The van der Waals surface area contributed by atoms with Gasteiger partial charge in [-0.1, -0.05) is 35.3 Å². The molecule has 1 saturated carbocycles. The van der Waals surface area contributed by atoms with Gasteiger partial charge in [-0.05, 0) is 36.6 Å². The van der Waals surface area contributed by atoms with Crippen molar-refractivity contribution in [2.45, 2.75) is 25.4 Å². The summed E-state index contributed by atoms with van der Waals surface area (Å²) in [6, 6.07) is 10.9.